The normalized spacial score (nSPS) is 19.9. The SMILES string of the molecule is Cl.c1cc(CNCC2CCCN2)ccn1. The van der Waals surface area contributed by atoms with Crippen molar-refractivity contribution in [2.45, 2.75) is 25.4 Å². The summed E-state index contributed by atoms with van der Waals surface area (Å²) < 4.78 is 0. The molecule has 4 heteroatoms. The van der Waals surface area contributed by atoms with Crippen molar-refractivity contribution >= 4 is 12.4 Å². The van der Waals surface area contributed by atoms with Crippen LogP contribution in [0.25, 0.3) is 0 Å². The third kappa shape index (κ3) is 4.16. The second-order valence-corrected chi connectivity index (χ2v) is 3.78. The van der Waals surface area contributed by atoms with Crippen molar-refractivity contribution < 1.29 is 0 Å². The van der Waals surface area contributed by atoms with Crippen LogP contribution in [0.3, 0.4) is 0 Å². The summed E-state index contributed by atoms with van der Waals surface area (Å²) in [7, 11) is 0. The van der Waals surface area contributed by atoms with Crippen LogP contribution in [0.15, 0.2) is 24.5 Å². The highest BCUT2D eigenvalue weighted by atomic mass is 35.5. The maximum Gasteiger partial charge on any atom is 0.0271 e. The van der Waals surface area contributed by atoms with Gasteiger partial charge in [-0.3, -0.25) is 4.98 Å². The Morgan fingerprint density at radius 1 is 1.40 bits per heavy atom. The summed E-state index contributed by atoms with van der Waals surface area (Å²) in [5.74, 6) is 0. The van der Waals surface area contributed by atoms with Gasteiger partial charge in [0.25, 0.3) is 0 Å². The lowest BCUT2D eigenvalue weighted by molar-refractivity contribution is 0.535. The van der Waals surface area contributed by atoms with Gasteiger partial charge in [0.1, 0.15) is 0 Å². The van der Waals surface area contributed by atoms with Crippen LogP contribution in [-0.2, 0) is 6.54 Å². The van der Waals surface area contributed by atoms with Crippen molar-refractivity contribution in [3.63, 3.8) is 0 Å². The van der Waals surface area contributed by atoms with Gasteiger partial charge in [0, 0.05) is 31.5 Å². The van der Waals surface area contributed by atoms with Gasteiger partial charge in [-0.25, -0.2) is 0 Å². The van der Waals surface area contributed by atoms with Crippen LogP contribution >= 0.6 is 12.4 Å². The Labute approximate surface area is 97.1 Å². The summed E-state index contributed by atoms with van der Waals surface area (Å²) in [6, 6.07) is 4.78. The number of aromatic nitrogens is 1. The topological polar surface area (TPSA) is 37.0 Å². The lowest BCUT2D eigenvalue weighted by atomic mass is 10.2. The molecule has 1 aliphatic heterocycles. The molecule has 2 rings (SSSR count). The minimum Gasteiger partial charge on any atom is -0.313 e. The Morgan fingerprint density at radius 3 is 2.87 bits per heavy atom. The first kappa shape index (κ1) is 12.4. The van der Waals surface area contributed by atoms with Crippen LogP contribution < -0.4 is 10.6 Å². The third-order valence-electron chi connectivity index (χ3n) is 2.63. The van der Waals surface area contributed by atoms with Gasteiger partial charge < -0.3 is 10.6 Å². The molecule has 0 aliphatic carbocycles. The number of nitrogens with zero attached hydrogens (tertiary/aromatic N) is 1. The summed E-state index contributed by atoms with van der Waals surface area (Å²) in [6.07, 6.45) is 6.31. The summed E-state index contributed by atoms with van der Waals surface area (Å²) in [5, 5.41) is 6.92. The first-order chi connectivity index (χ1) is 6.95. The molecule has 0 spiro atoms. The number of hydrogen-bond acceptors (Lipinski definition) is 3. The lowest BCUT2D eigenvalue weighted by Crippen LogP contribution is -2.33. The van der Waals surface area contributed by atoms with E-state index in [4.69, 9.17) is 0 Å². The molecule has 3 nitrogen and oxygen atoms in total. The first-order valence-corrected chi connectivity index (χ1v) is 5.28. The van der Waals surface area contributed by atoms with Crippen molar-refractivity contribution in [1.29, 1.82) is 0 Å². The van der Waals surface area contributed by atoms with Crippen molar-refractivity contribution in [3.05, 3.63) is 30.1 Å². The minimum absolute atomic E-state index is 0. The molecule has 1 atom stereocenters. The van der Waals surface area contributed by atoms with E-state index in [0.29, 0.717) is 6.04 Å². The summed E-state index contributed by atoms with van der Waals surface area (Å²) in [6.45, 7) is 3.20. The van der Waals surface area contributed by atoms with Crippen LogP contribution in [0.4, 0.5) is 0 Å². The van der Waals surface area contributed by atoms with E-state index < -0.39 is 0 Å². The van der Waals surface area contributed by atoms with Crippen molar-refractivity contribution in [2.75, 3.05) is 13.1 Å². The largest absolute Gasteiger partial charge is 0.313 e. The highest BCUT2D eigenvalue weighted by molar-refractivity contribution is 5.85. The standard InChI is InChI=1S/C11H17N3.ClH/c1-2-11(14-5-1)9-13-8-10-3-6-12-7-4-10;/h3-4,6-7,11,13-14H,1-2,5,8-9H2;1H. The van der Waals surface area contributed by atoms with E-state index in [1.807, 2.05) is 12.4 Å². The molecule has 2 heterocycles. The predicted octanol–water partition coefficient (Wildman–Crippen LogP) is 1.34. The van der Waals surface area contributed by atoms with E-state index in [1.165, 1.54) is 24.9 Å². The maximum absolute atomic E-state index is 3.99. The average molecular weight is 228 g/mol. The molecule has 1 aromatic heterocycles. The zero-order valence-corrected chi connectivity index (χ0v) is 9.59. The Bertz CT molecular complexity index is 260. The quantitative estimate of drug-likeness (QED) is 0.816. The zero-order chi connectivity index (χ0) is 9.64. The number of nitrogens with one attached hydrogen (secondary N) is 2. The van der Waals surface area contributed by atoms with Gasteiger partial charge in [0.15, 0.2) is 0 Å². The number of pyridine rings is 1. The van der Waals surface area contributed by atoms with Crippen LogP contribution in [-0.4, -0.2) is 24.1 Å². The summed E-state index contributed by atoms with van der Waals surface area (Å²) in [5.41, 5.74) is 1.30. The highest BCUT2D eigenvalue weighted by Gasteiger charge is 2.12. The Hall–Kier alpha value is -0.640. The Morgan fingerprint density at radius 2 is 2.20 bits per heavy atom. The Kier molecular flexibility index (Phi) is 5.61. The zero-order valence-electron chi connectivity index (χ0n) is 8.78. The summed E-state index contributed by atoms with van der Waals surface area (Å²) >= 11 is 0. The molecule has 1 aliphatic rings. The molecule has 2 N–H and O–H groups in total. The van der Waals surface area contributed by atoms with E-state index in [-0.39, 0.29) is 12.4 Å². The van der Waals surface area contributed by atoms with Crippen LogP contribution in [0.5, 0.6) is 0 Å². The molecular weight excluding hydrogens is 210 g/mol. The van der Waals surface area contributed by atoms with E-state index in [9.17, 15) is 0 Å². The number of halogens is 1. The fourth-order valence-corrected chi connectivity index (χ4v) is 1.82. The predicted molar refractivity (Wildman–Crippen MR) is 64.2 cm³/mol. The average Bonchev–Trinajstić information content (AvgIpc) is 2.72. The molecule has 0 radical (unpaired) electrons. The molecule has 84 valence electrons. The van der Waals surface area contributed by atoms with E-state index in [0.717, 1.165) is 13.1 Å². The second-order valence-electron chi connectivity index (χ2n) is 3.78. The highest BCUT2D eigenvalue weighted by Crippen LogP contribution is 2.03. The molecule has 0 bridgehead atoms. The lowest BCUT2D eigenvalue weighted by Gasteiger charge is -2.11. The molecule has 1 fully saturated rings. The van der Waals surface area contributed by atoms with E-state index in [2.05, 4.69) is 27.8 Å². The summed E-state index contributed by atoms with van der Waals surface area (Å²) in [4.78, 5) is 3.99. The van der Waals surface area contributed by atoms with Gasteiger partial charge in [0.05, 0.1) is 0 Å². The van der Waals surface area contributed by atoms with Crippen LogP contribution in [0.1, 0.15) is 18.4 Å². The molecule has 0 aromatic carbocycles. The van der Waals surface area contributed by atoms with Gasteiger partial charge >= 0.3 is 0 Å². The van der Waals surface area contributed by atoms with E-state index >= 15 is 0 Å². The van der Waals surface area contributed by atoms with Crippen LogP contribution in [0.2, 0.25) is 0 Å². The molecule has 0 amide bonds. The van der Waals surface area contributed by atoms with Crippen molar-refractivity contribution in [1.82, 2.24) is 15.6 Å². The molecule has 1 aromatic rings. The van der Waals surface area contributed by atoms with Gasteiger partial charge in [-0.15, -0.1) is 12.4 Å². The van der Waals surface area contributed by atoms with Gasteiger partial charge in [-0.05, 0) is 37.1 Å². The molecule has 1 unspecified atom stereocenters. The number of rotatable bonds is 4. The van der Waals surface area contributed by atoms with Gasteiger partial charge in [-0.2, -0.15) is 0 Å². The molecular formula is C11H18ClN3. The third-order valence-corrected chi connectivity index (χ3v) is 2.63. The molecule has 15 heavy (non-hydrogen) atoms. The van der Waals surface area contributed by atoms with Crippen molar-refractivity contribution in [2.24, 2.45) is 0 Å². The fraction of sp³-hybridized carbons (Fsp3) is 0.545. The second kappa shape index (κ2) is 6.77. The fourth-order valence-electron chi connectivity index (χ4n) is 1.82. The van der Waals surface area contributed by atoms with Gasteiger partial charge in [0.2, 0.25) is 0 Å². The molecule has 0 saturated carbocycles. The Balaban J connectivity index is 0.00000112. The minimum atomic E-state index is 0. The van der Waals surface area contributed by atoms with Crippen LogP contribution in [0, 0.1) is 0 Å². The first-order valence-electron chi connectivity index (χ1n) is 5.28. The molecule has 1 saturated heterocycles. The van der Waals surface area contributed by atoms with E-state index in [1.54, 1.807) is 0 Å². The number of hydrogen-bond donors (Lipinski definition) is 2. The van der Waals surface area contributed by atoms with Crippen molar-refractivity contribution in [3.8, 4) is 0 Å². The monoisotopic (exact) mass is 227 g/mol. The van der Waals surface area contributed by atoms with Gasteiger partial charge in [-0.1, -0.05) is 0 Å². The smallest absolute Gasteiger partial charge is 0.0271 e. The maximum atomic E-state index is 3.99.